The van der Waals surface area contributed by atoms with Crippen molar-refractivity contribution in [3.8, 4) is 5.88 Å². The van der Waals surface area contributed by atoms with Gasteiger partial charge in [-0.2, -0.15) is 0 Å². The normalized spacial score (nSPS) is 20.9. The summed E-state index contributed by atoms with van der Waals surface area (Å²) in [6, 6.07) is 4.00. The smallest absolute Gasteiger partial charge is 0.406 e. The summed E-state index contributed by atoms with van der Waals surface area (Å²) in [5, 5.41) is 5.98. The van der Waals surface area contributed by atoms with Crippen molar-refractivity contribution >= 4 is 12.0 Å². The molecule has 2 N–H and O–H groups in total. The van der Waals surface area contributed by atoms with E-state index in [0.29, 0.717) is 45.0 Å². The number of methoxy groups -OCH3 is 2. The largest absolute Gasteiger partial charge is 0.475 e. The Bertz CT molecular complexity index is 819. The minimum Gasteiger partial charge on any atom is -0.475 e. The number of aromatic nitrogens is 1. The van der Waals surface area contributed by atoms with Crippen LogP contribution in [0.5, 0.6) is 5.88 Å². The molecule has 190 valence electrons. The molecule has 10 nitrogen and oxygen atoms in total. The molecule has 3 rings (SSSR count). The maximum atomic E-state index is 13.5. The fourth-order valence-electron chi connectivity index (χ4n) is 4.09. The van der Waals surface area contributed by atoms with Crippen molar-refractivity contribution in [2.24, 2.45) is 0 Å². The molecule has 0 bridgehead atoms. The number of aryl methyl sites for hydroxylation is 1. The Hall–Kier alpha value is -2.43. The molecule has 0 unspecified atom stereocenters. The number of carbonyl (C=O) groups is 2. The first kappa shape index (κ1) is 26.2. The topological polar surface area (TPSA) is 111 Å². The van der Waals surface area contributed by atoms with Crippen LogP contribution in [0.15, 0.2) is 12.1 Å². The van der Waals surface area contributed by atoms with Crippen LogP contribution in [-0.4, -0.2) is 87.2 Å². The molecule has 3 atom stereocenters. The van der Waals surface area contributed by atoms with Crippen LogP contribution < -0.4 is 15.4 Å². The summed E-state index contributed by atoms with van der Waals surface area (Å²) in [7, 11) is 2.96. The van der Waals surface area contributed by atoms with Crippen molar-refractivity contribution in [2.45, 2.75) is 63.8 Å². The third-order valence-electron chi connectivity index (χ3n) is 6.01. The molecule has 1 saturated carbocycles. The van der Waals surface area contributed by atoms with Crippen molar-refractivity contribution in [3.63, 3.8) is 0 Å². The van der Waals surface area contributed by atoms with Crippen LogP contribution in [0.3, 0.4) is 0 Å². The lowest BCUT2D eigenvalue weighted by molar-refractivity contribution is -0.152. The van der Waals surface area contributed by atoms with E-state index in [1.807, 2.05) is 30.9 Å². The zero-order valence-electron chi connectivity index (χ0n) is 20.7. The molecular weight excluding hydrogens is 440 g/mol. The van der Waals surface area contributed by atoms with Gasteiger partial charge in [0.25, 0.3) is 5.91 Å². The van der Waals surface area contributed by atoms with Gasteiger partial charge in [-0.1, -0.05) is 0 Å². The van der Waals surface area contributed by atoms with E-state index in [9.17, 15) is 9.59 Å². The van der Waals surface area contributed by atoms with Crippen LogP contribution in [0.4, 0.5) is 4.79 Å². The number of hydrogen-bond acceptors (Lipinski definition) is 8. The van der Waals surface area contributed by atoms with Gasteiger partial charge < -0.3 is 34.5 Å². The minimum absolute atomic E-state index is 0.00553. The van der Waals surface area contributed by atoms with Gasteiger partial charge in [0.1, 0.15) is 12.7 Å². The molecular formula is C24H38N4O6. The third kappa shape index (κ3) is 7.54. The predicted molar refractivity (Wildman–Crippen MR) is 126 cm³/mol. The van der Waals surface area contributed by atoms with E-state index in [1.54, 1.807) is 7.11 Å². The van der Waals surface area contributed by atoms with Crippen LogP contribution in [0.1, 0.15) is 50.4 Å². The van der Waals surface area contributed by atoms with Gasteiger partial charge in [-0.3, -0.25) is 4.79 Å². The van der Waals surface area contributed by atoms with Crippen molar-refractivity contribution in [2.75, 3.05) is 47.1 Å². The number of ether oxygens (including phenoxy) is 4. The Morgan fingerprint density at radius 1 is 1.26 bits per heavy atom. The highest BCUT2D eigenvalue weighted by Gasteiger charge is 2.40. The van der Waals surface area contributed by atoms with Crippen molar-refractivity contribution in [1.82, 2.24) is 20.5 Å². The zero-order chi connectivity index (χ0) is 24.5. The van der Waals surface area contributed by atoms with Crippen LogP contribution in [0.2, 0.25) is 0 Å². The third-order valence-corrected chi connectivity index (χ3v) is 6.01. The van der Waals surface area contributed by atoms with Gasteiger partial charge >= 0.3 is 6.09 Å². The highest BCUT2D eigenvalue weighted by molar-refractivity contribution is 5.82. The second-order valence-corrected chi connectivity index (χ2v) is 8.84. The SMILES string of the molecule is COCCOc1cc([C@@H](C)N(C(=O)[C@H]2CNC[C@@H](C)O2)C2CC2)cc(CCCNC(=O)OC)n1. The molecule has 1 aromatic heterocycles. The van der Waals surface area contributed by atoms with Gasteiger partial charge in [0.15, 0.2) is 0 Å². The van der Waals surface area contributed by atoms with Crippen molar-refractivity contribution < 1.29 is 28.5 Å². The number of rotatable bonds is 12. The molecule has 2 aliphatic rings. The van der Waals surface area contributed by atoms with E-state index in [0.717, 1.165) is 30.6 Å². The average Bonchev–Trinajstić information content (AvgIpc) is 3.67. The highest BCUT2D eigenvalue weighted by Crippen LogP contribution is 2.36. The Morgan fingerprint density at radius 3 is 2.74 bits per heavy atom. The van der Waals surface area contributed by atoms with Gasteiger partial charge in [-0.25, -0.2) is 9.78 Å². The second kappa shape index (κ2) is 12.9. The molecule has 0 radical (unpaired) electrons. The lowest BCUT2D eigenvalue weighted by atomic mass is 10.0. The molecule has 34 heavy (non-hydrogen) atoms. The van der Waals surface area contributed by atoms with Crippen LogP contribution in [-0.2, 0) is 25.4 Å². The summed E-state index contributed by atoms with van der Waals surface area (Å²) in [5.41, 5.74) is 1.81. The average molecular weight is 479 g/mol. The first-order valence-electron chi connectivity index (χ1n) is 12.1. The summed E-state index contributed by atoms with van der Waals surface area (Å²) < 4.78 is 21.5. The number of hydrogen-bond donors (Lipinski definition) is 2. The fourth-order valence-corrected chi connectivity index (χ4v) is 4.09. The molecule has 2 amide bonds. The minimum atomic E-state index is -0.477. The van der Waals surface area contributed by atoms with E-state index in [-0.39, 0.29) is 24.1 Å². The predicted octanol–water partition coefficient (Wildman–Crippen LogP) is 1.82. The summed E-state index contributed by atoms with van der Waals surface area (Å²) >= 11 is 0. The lowest BCUT2D eigenvalue weighted by Crippen LogP contribution is -2.52. The van der Waals surface area contributed by atoms with Gasteiger partial charge in [-0.15, -0.1) is 0 Å². The maximum Gasteiger partial charge on any atom is 0.406 e. The van der Waals surface area contributed by atoms with Gasteiger partial charge in [0.05, 0.1) is 25.9 Å². The van der Waals surface area contributed by atoms with Gasteiger partial charge in [0, 0.05) is 44.5 Å². The Kier molecular flexibility index (Phi) is 9.91. The molecule has 2 fully saturated rings. The second-order valence-electron chi connectivity index (χ2n) is 8.84. The first-order valence-corrected chi connectivity index (χ1v) is 12.1. The van der Waals surface area contributed by atoms with Crippen molar-refractivity contribution in [3.05, 3.63) is 23.4 Å². The molecule has 2 heterocycles. The molecule has 0 aromatic carbocycles. The van der Waals surface area contributed by atoms with Crippen LogP contribution >= 0.6 is 0 Å². The molecule has 10 heteroatoms. The Labute approximate surface area is 201 Å². The standard InChI is InChI=1S/C24H38N4O6/c1-16-14-25-15-21(34-16)23(29)28(20-7-8-20)17(2)18-12-19(6-5-9-26-24(30)32-4)27-22(13-18)33-11-10-31-3/h12-13,16-17,20-21,25H,5-11,14-15H2,1-4H3,(H,26,30)/t16-,17-,21-/m1/s1. The van der Waals surface area contributed by atoms with E-state index in [2.05, 4.69) is 20.4 Å². The van der Waals surface area contributed by atoms with Gasteiger partial charge in [0.2, 0.25) is 5.88 Å². The molecule has 0 spiro atoms. The fraction of sp³-hybridized carbons (Fsp3) is 0.708. The Balaban J connectivity index is 1.76. The summed E-state index contributed by atoms with van der Waals surface area (Å²) in [6.45, 7) is 6.62. The number of pyridine rings is 1. The number of carbonyl (C=O) groups excluding carboxylic acids is 2. The number of nitrogens with one attached hydrogen (secondary N) is 2. The van der Waals surface area contributed by atoms with E-state index >= 15 is 0 Å². The highest BCUT2D eigenvalue weighted by atomic mass is 16.5. The van der Waals surface area contributed by atoms with E-state index in [4.69, 9.17) is 14.2 Å². The maximum absolute atomic E-state index is 13.5. The number of amides is 2. The summed E-state index contributed by atoms with van der Waals surface area (Å²) in [6.07, 6.45) is 2.42. The Morgan fingerprint density at radius 2 is 2.06 bits per heavy atom. The number of morpholine rings is 1. The molecule has 1 aliphatic carbocycles. The lowest BCUT2D eigenvalue weighted by Gasteiger charge is -2.36. The first-order chi connectivity index (χ1) is 16.4. The number of nitrogens with zero attached hydrogens (tertiary/aromatic N) is 2. The van der Waals surface area contributed by atoms with Crippen LogP contribution in [0, 0.1) is 0 Å². The van der Waals surface area contributed by atoms with Crippen molar-refractivity contribution in [1.29, 1.82) is 0 Å². The quantitative estimate of drug-likeness (QED) is 0.438. The monoisotopic (exact) mass is 478 g/mol. The van der Waals surface area contributed by atoms with E-state index < -0.39 is 12.2 Å². The zero-order valence-corrected chi connectivity index (χ0v) is 20.7. The van der Waals surface area contributed by atoms with Crippen LogP contribution in [0.25, 0.3) is 0 Å². The molecule has 1 aliphatic heterocycles. The molecule has 1 aromatic rings. The van der Waals surface area contributed by atoms with E-state index in [1.165, 1.54) is 7.11 Å². The number of alkyl carbamates (subject to hydrolysis) is 1. The van der Waals surface area contributed by atoms with Gasteiger partial charge in [-0.05, 0) is 51.2 Å². The molecule has 1 saturated heterocycles. The summed E-state index contributed by atoms with van der Waals surface area (Å²) in [4.78, 5) is 31.4. The summed E-state index contributed by atoms with van der Waals surface area (Å²) in [5.74, 6) is 0.529.